The molecule has 21 heavy (non-hydrogen) atoms. The fourth-order valence-corrected chi connectivity index (χ4v) is 1.57. The van der Waals surface area contributed by atoms with E-state index in [1.54, 1.807) is 7.05 Å². The largest absolute Gasteiger partial charge is 0.493 e. The Labute approximate surface area is 123 Å². The summed E-state index contributed by atoms with van der Waals surface area (Å²) in [6, 6.07) is 2.63. The van der Waals surface area contributed by atoms with Crippen molar-refractivity contribution in [3.8, 4) is 17.2 Å². The second-order valence-electron chi connectivity index (χ2n) is 4.21. The summed E-state index contributed by atoms with van der Waals surface area (Å²) < 4.78 is 15.6. The molecule has 1 amide bonds. The number of benzene rings is 1. The third-order valence-electron chi connectivity index (χ3n) is 2.95. The number of nitrogens with zero attached hydrogens (tertiary/aromatic N) is 1. The van der Waals surface area contributed by atoms with Crippen LogP contribution in [0.5, 0.6) is 17.2 Å². The fourth-order valence-electron chi connectivity index (χ4n) is 1.57. The molecule has 0 spiro atoms. The number of aromatic carboxylic acids is 1. The third kappa shape index (κ3) is 4.01. The highest BCUT2D eigenvalue weighted by Gasteiger charge is 2.18. The SMILES string of the molecule is CCN(C)C(=O)COc1c(OC)cc(C(=O)O)cc1OC. The summed E-state index contributed by atoms with van der Waals surface area (Å²) in [5, 5.41) is 9.03. The van der Waals surface area contributed by atoms with Crippen LogP contribution in [0, 0.1) is 0 Å². The van der Waals surface area contributed by atoms with Crippen molar-refractivity contribution in [1.82, 2.24) is 4.90 Å². The van der Waals surface area contributed by atoms with E-state index < -0.39 is 5.97 Å². The first-order valence-electron chi connectivity index (χ1n) is 6.30. The smallest absolute Gasteiger partial charge is 0.335 e. The highest BCUT2D eigenvalue weighted by Crippen LogP contribution is 2.38. The molecular weight excluding hydrogens is 278 g/mol. The average Bonchev–Trinajstić information content (AvgIpc) is 2.50. The van der Waals surface area contributed by atoms with Gasteiger partial charge in [0.05, 0.1) is 19.8 Å². The Morgan fingerprint density at radius 2 is 1.71 bits per heavy atom. The van der Waals surface area contributed by atoms with Gasteiger partial charge in [-0.05, 0) is 19.1 Å². The molecule has 1 rings (SSSR count). The quantitative estimate of drug-likeness (QED) is 0.815. The molecule has 0 unspecified atom stereocenters. The van der Waals surface area contributed by atoms with E-state index >= 15 is 0 Å². The van der Waals surface area contributed by atoms with Crippen molar-refractivity contribution in [1.29, 1.82) is 0 Å². The lowest BCUT2D eigenvalue weighted by molar-refractivity contribution is -0.131. The van der Waals surface area contributed by atoms with Gasteiger partial charge in [-0.15, -0.1) is 0 Å². The van der Waals surface area contributed by atoms with Crippen molar-refractivity contribution < 1.29 is 28.9 Å². The Bertz CT molecular complexity index is 503. The molecule has 0 aromatic heterocycles. The van der Waals surface area contributed by atoms with Gasteiger partial charge < -0.3 is 24.2 Å². The maximum absolute atomic E-state index is 11.7. The fraction of sp³-hybridized carbons (Fsp3) is 0.429. The number of carboxylic acids is 1. The lowest BCUT2D eigenvalue weighted by atomic mass is 10.2. The summed E-state index contributed by atoms with van der Waals surface area (Å²) in [6.45, 7) is 2.22. The molecule has 1 aromatic rings. The number of ether oxygens (including phenoxy) is 3. The number of amides is 1. The van der Waals surface area contributed by atoms with Crippen LogP contribution < -0.4 is 14.2 Å². The molecule has 0 atom stereocenters. The standard InChI is InChI=1S/C14H19NO6/c1-5-15(2)12(16)8-21-13-10(19-3)6-9(14(17)18)7-11(13)20-4/h6-7H,5,8H2,1-4H3,(H,17,18). The van der Waals surface area contributed by atoms with Crippen LogP contribution in [-0.4, -0.2) is 56.3 Å². The molecule has 0 aliphatic carbocycles. The Morgan fingerprint density at radius 1 is 1.19 bits per heavy atom. The first kappa shape index (κ1) is 16.6. The van der Waals surface area contributed by atoms with E-state index in [4.69, 9.17) is 19.3 Å². The van der Waals surface area contributed by atoms with Gasteiger partial charge in [-0.25, -0.2) is 4.79 Å². The first-order chi connectivity index (χ1) is 9.94. The normalized spacial score (nSPS) is 9.90. The molecule has 7 heteroatoms. The molecule has 0 fully saturated rings. The van der Waals surface area contributed by atoms with Crippen LogP contribution in [0.25, 0.3) is 0 Å². The number of carbonyl (C=O) groups is 2. The number of rotatable bonds is 7. The van der Waals surface area contributed by atoms with E-state index in [1.807, 2.05) is 6.92 Å². The lowest BCUT2D eigenvalue weighted by Gasteiger charge is -2.18. The molecule has 0 aliphatic heterocycles. The number of hydrogen-bond acceptors (Lipinski definition) is 5. The van der Waals surface area contributed by atoms with Gasteiger partial charge in [0, 0.05) is 13.6 Å². The monoisotopic (exact) mass is 297 g/mol. The average molecular weight is 297 g/mol. The molecule has 0 heterocycles. The number of hydrogen-bond donors (Lipinski definition) is 1. The van der Waals surface area contributed by atoms with E-state index in [0.29, 0.717) is 6.54 Å². The molecule has 7 nitrogen and oxygen atoms in total. The highest BCUT2D eigenvalue weighted by atomic mass is 16.5. The van der Waals surface area contributed by atoms with Gasteiger partial charge in [0.1, 0.15) is 0 Å². The predicted octanol–water partition coefficient (Wildman–Crippen LogP) is 1.26. The van der Waals surface area contributed by atoms with Crippen molar-refractivity contribution in [2.45, 2.75) is 6.92 Å². The molecule has 0 radical (unpaired) electrons. The Hall–Kier alpha value is -2.44. The summed E-state index contributed by atoms with van der Waals surface area (Å²) >= 11 is 0. The molecule has 0 saturated heterocycles. The summed E-state index contributed by atoms with van der Waals surface area (Å²) in [5.41, 5.74) is 0.00746. The van der Waals surface area contributed by atoms with E-state index in [2.05, 4.69) is 0 Å². The minimum atomic E-state index is -1.11. The summed E-state index contributed by atoms with van der Waals surface area (Å²) in [7, 11) is 4.42. The van der Waals surface area contributed by atoms with Crippen LogP contribution in [-0.2, 0) is 4.79 Å². The van der Waals surface area contributed by atoms with Crippen LogP contribution in [0.4, 0.5) is 0 Å². The van der Waals surface area contributed by atoms with Gasteiger partial charge in [-0.3, -0.25) is 4.79 Å². The Balaban J connectivity index is 3.05. The predicted molar refractivity (Wildman–Crippen MR) is 75.3 cm³/mol. The number of carboxylic acid groups (broad SMARTS) is 1. The Morgan fingerprint density at radius 3 is 2.10 bits per heavy atom. The Kier molecular flexibility index (Phi) is 5.83. The second-order valence-corrected chi connectivity index (χ2v) is 4.21. The molecule has 0 aliphatic rings. The maximum atomic E-state index is 11.7. The van der Waals surface area contributed by atoms with Crippen molar-refractivity contribution >= 4 is 11.9 Å². The van der Waals surface area contributed by atoms with E-state index in [-0.39, 0.29) is 35.3 Å². The van der Waals surface area contributed by atoms with Crippen LogP contribution in [0.2, 0.25) is 0 Å². The maximum Gasteiger partial charge on any atom is 0.335 e. The van der Waals surface area contributed by atoms with Gasteiger partial charge in [0.2, 0.25) is 5.75 Å². The molecule has 1 aromatic carbocycles. The zero-order valence-electron chi connectivity index (χ0n) is 12.5. The van der Waals surface area contributed by atoms with Crippen molar-refractivity contribution in [2.75, 3.05) is 34.4 Å². The summed E-state index contributed by atoms with van der Waals surface area (Å²) in [4.78, 5) is 24.3. The number of carbonyl (C=O) groups excluding carboxylic acids is 1. The van der Waals surface area contributed by atoms with E-state index in [1.165, 1.54) is 31.3 Å². The summed E-state index contributed by atoms with van der Waals surface area (Å²) in [6.07, 6.45) is 0. The molecule has 1 N–H and O–H groups in total. The zero-order valence-corrected chi connectivity index (χ0v) is 12.5. The van der Waals surface area contributed by atoms with Gasteiger partial charge in [0.15, 0.2) is 18.1 Å². The van der Waals surface area contributed by atoms with Crippen LogP contribution in [0.3, 0.4) is 0 Å². The topological polar surface area (TPSA) is 85.3 Å². The zero-order chi connectivity index (χ0) is 16.0. The molecule has 0 bridgehead atoms. The van der Waals surface area contributed by atoms with Crippen LogP contribution in [0.15, 0.2) is 12.1 Å². The van der Waals surface area contributed by atoms with Gasteiger partial charge >= 0.3 is 5.97 Å². The molecule has 116 valence electrons. The van der Waals surface area contributed by atoms with E-state index in [0.717, 1.165) is 0 Å². The highest BCUT2D eigenvalue weighted by molar-refractivity contribution is 5.89. The number of likely N-dealkylation sites (N-methyl/N-ethyl adjacent to an activating group) is 1. The van der Waals surface area contributed by atoms with Crippen molar-refractivity contribution in [2.24, 2.45) is 0 Å². The lowest BCUT2D eigenvalue weighted by Crippen LogP contribution is -2.31. The second kappa shape index (κ2) is 7.37. The van der Waals surface area contributed by atoms with Gasteiger partial charge in [-0.2, -0.15) is 0 Å². The van der Waals surface area contributed by atoms with Crippen molar-refractivity contribution in [3.05, 3.63) is 17.7 Å². The first-order valence-corrected chi connectivity index (χ1v) is 6.30. The summed E-state index contributed by atoms with van der Waals surface area (Å²) in [5.74, 6) is -0.732. The third-order valence-corrected chi connectivity index (χ3v) is 2.95. The number of methoxy groups -OCH3 is 2. The van der Waals surface area contributed by atoms with Crippen molar-refractivity contribution in [3.63, 3.8) is 0 Å². The minimum absolute atomic E-state index is 0.00746. The molecule has 0 saturated carbocycles. The minimum Gasteiger partial charge on any atom is -0.493 e. The van der Waals surface area contributed by atoms with Gasteiger partial charge in [0.25, 0.3) is 5.91 Å². The molecular formula is C14H19NO6. The van der Waals surface area contributed by atoms with Gasteiger partial charge in [-0.1, -0.05) is 0 Å². The van der Waals surface area contributed by atoms with Crippen LogP contribution in [0.1, 0.15) is 17.3 Å². The van der Waals surface area contributed by atoms with E-state index in [9.17, 15) is 9.59 Å². The van der Waals surface area contributed by atoms with Crippen LogP contribution >= 0.6 is 0 Å².